The number of fused-ring (bicyclic) bond motifs is 1. The third-order valence-electron chi connectivity index (χ3n) is 2.33. The number of carbonyl (C=O) groups is 1. The van der Waals surface area contributed by atoms with Gasteiger partial charge in [-0.1, -0.05) is 12.1 Å². The van der Waals surface area contributed by atoms with Gasteiger partial charge in [0.05, 0.1) is 12.1 Å². The number of hydrogen-bond donors (Lipinski definition) is 2. The Hall–Kier alpha value is -1.59. The van der Waals surface area contributed by atoms with Crippen molar-refractivity contribution in [1.82, 2.24) is 0 Å². The van der Waals surface area contributed by atoms with E-state index < -0.39 is 5.85 Å². The van der Waals surface area contributed by atoms with Gasteiger partial charge >= 0.3 is 0 Å². The van der Waals surface area contributed by atoms with Crippen LogP contribution in [0.5, 0.6) is 5.75 Å². The number of hydrogen-bond acceptors (Lipinski definition) is 4. The topological polar surface area (TPSA) is 81.6 Å². The maximum absolute atomic E-state index is 11.7. The summed E-state index contributed by atoms with van der Waals surface area (Å²) in [6.07, 6.45) is -0.0435. The van der Waals surface area contributed by atoms with Crippen molar-refractivity contribution in [3.8, 4) is 5.75 Å². The first kappa shape index (κ1) is 9.95. The third-order valence-corrected chi connectivity index (χ3v) is 2.33. The molecule has 80 valence electrons. The molecule has 5 nitrogen and oxygen atoms in total. The van der Waals surface area contributed by atoms with Gasteiger partial charge in [0.1, 0.15) is 5.75 Å². The molecule has 1 aromatic rings. The molecule has 0 saturated carbocycles. The summed E-state index contributed by atoms with van der Waals surface area (Å²) in [5, 5.41) is 0. The lowest BCUT2D eigenvalue weighted by molar-refractivity contribution is -0.121. The molecule has 0 saturated heterocycles. The summed E-state index contributed by atoms with van der Waals surface area (Å²) in [4.78, 5) is 13.2. The van der Waals surface area contributed by atoms with Crippen molar-refractivity contribution in [2.75, 3.05) is 11.9 Å². The minimum Gasteiger partial charge on any atom is -0.457 e. The molecule has 0 unspecified atom stereocenters. The highest BCUT2D eigenvalue weighted by Gasteiger charge is 2.33. The summed E-state index contributed by atoms with van der Waals surface area (Å²) in [5.41, 5.74) is 12.0. The molecule has 0 bridgehead atoms. The van der Waals surface area contributed by atoms with Crippen molar-refractivity contribution in [2.24, 2.45) is 11.5 Å². The highest BCUT2D eigenvalue weighted by atomic mass is 16.5. The third kappa shape index (κ3) is 1.79. The molecular formula is C10H13N3O2. The molecule has 0 aliphatic carbocycles. The second kappa shape index (κ2) is 3.22. The summed E-state index contributed by atoms with van der Waals surface area (Å²) in [7, 11) is 1.67. The summed E-state index contributed by atoms with van der Waals surface area (Å²) in [5.74, 6) is -1.07. The van der Waals surface area contributed by atoms with Crippen LogP contribution in [0.15, 0.2) is 24.3 Å². The van der Waals surface area contributed by atoms with Gasteiger partial charge in [0.2, 0.25) is 11.8 Å². The molecular weight excluding hydrogens is 194 g/mol. The van der Waals surface area contributed by atoms with Crippen LogP contribution in [-0.2, 0) is 4.79 Å². The van der Waals surface area contributed by atoms with Gasteiger partial charge in [0.25, 0.3) is 0 Å². The Kier molecular flexibility index (Phi) is 2.13. The van der Waals surface area contributed by atoms with Crippen LogP contribution >= 0.6 is 0 Å². The molecule has 1 aromatic carbocycles. The van der Waals surface area contributed by atoms with Crippen LogP contribution in [0.4, 0.5) is 5.69 Å². The summed E-state index contributed by atoms with van der Waals surface area (Å²) in [6, 6.07) is 7.15. The maximum atomic E-state index is 11.7. The van der Waals surface area contributed by atoms with Crippen LogP contribution in [0.1, 0.15) is 6.42 Å². The number of ether oxygens (including phenoxy) is 1. The van der Waals surface area contributed by atoms with Gasteiger partial charge in [-0.15, -0.1) is 0 Å². The monoisotopic (exact) mass is 207 g/mol. The second-order valence-corrected chi connectivity index (χ2v) is 3.65. The van der Waals surface area contributed by atoms with Gasteiger partial charge < -0.3 is 9.64 Å². The van der Waals surface area contributed by atoms with E-state index in [1.165, 1.54) is 4.90 Å². The fourth-order valence-electron chi connectivity index (χ4n) is 1.55. The largest absolute Gasteiger partial charge is 0.457 e. The molecule has 1 amide bonds. The smallest absolute Gasteiger partial charge is 0.233 e. The zero-order valence-corrected chi connectivity index (χ0v) is 8.43. The number of carbonyl (C=O) groups excluding carboxylic acids is 1. The Morgan fingerprint density at radius 1 is 1.40 bits per heavy atom. The van der Waals surface area contributed by atoms with Gasteiger partial charge in [-0.2, -0.15) is 0 Å². The molecule has 4 N–H and O–H groups in total. The van der Waals surface area contributed by atoms with E-state index in [-0.39, 0.29) is 12.3 Å². The van der Waals surface area contributed by atoms with Gasteiger partial charge in [-0.25, -0.2) is 0 Å². The first-order chi connectivity index (χ1) is 6.99. The summed E-state index contributed by atoms with van der Waals surface area (Å²) >= 11 is 0. The Balaban J connectivity index is 2.51. The Morgan fingerprint density at radius 2 is 2.07 bits per heavy atom. The molecule has 0 fully saturated rings. The fourth-order valence-corrected chi connectivity index (χ4v) is 1.55. The van der Waals surface area contributed by atoms with Crippen LogP contribution in [0.2, 0.25) is 0 Å². The molecule has 0 radical (unpaired) electrons. The second-order valence-electron chi connectivity index (χ2n) is 3.65. The van der Waals surface area contributed by atoms with E-state index in [4.69, 9.17) is 16.2 Å². The highest BCUT2D eigenvalue weighted by Crippen LogP contribution is 2.32. The number of nitrogens with two attached hydrogens (primary N) is 2. The first-order valence-electron chi connectivity index (χ1n) is 4.62. The van der Waals surface area contributed by atoms with Crippen molar-refractivity contribution in [3.05, 3.63) is 24.3 Å². The molecule has 0 atom stereocenters. The summed E-state index contributed by atoms with van der Waals surface area (Å²) in [6.45, 7) is 0. The van der Waals surface area contributed by atoms with E-state index in [1.807, 2.05) is 6.07 Å². The molecule has 15 heavy (non-hydrogen) atoms. The Morgan fingerprint density at radius 3 is 2.80 bits per heavy atom. The number of amides is 1. The van der Waals surface area contributed by atoms with Crippen molar-refractivity contribution in [2.45, 2.75) is 12.3 Å². The normalized spacial score (nSPS) is 19.1. The van der Waals surface area contributed by atoms with E-state index in [9.17, 15) is 4.79 Å². The van der Waals surface area contributed by atoms with E-state index >= 15 is 0 Å². The average Bonchev–Trinajstić information content (AvgIpc) is 2.23. The molecule has 0 aromatic heterocycles. The van der Waals surface area contributed by atoms with E-state index in [0.29, 0.717) is 11.4 Å². The minimum absolute atomic E-state index is 0.0435. The molecule has 0 spiro atoms. The predicted octanol–water partition coefficient (Wildman–Crippen LogP) is 0.00310. The predicted molar refractivity (Wildman–Crippen MR) is 56.2 cm³/mol. The van der Waals surface area contributed by atoms with Crippen LogP contribution in [0.25, 0.3) is 0 Å². The Bertz CT molecular complexity index is 403. The van der Waals surface area contributed by atoms with E-state index in [2.05, 4.69) is 0 Å². The molecule has 1 aliphatic rings. The lowest BCUT2D eigenvalue weighted by Crippen LogP contribution is -2.56. The quantitative estimate of drug-likeness (QED) is 0.587. The van der Waals surface area contributed by atoms with E-state index in [1.54, 1.807) is 25.2 Å². The SMILES string of the molecule is CN1C(=O)CC(N)(N)Oc2ccccc21. The summed E-state index contributed by atoms with van der Waals surface area (Å²) < 4.78 is 5.38. The molecule has 1 aliphatic heterocycles. The first-order valence-corrected chi connectivity index (χ1v) is 4.62. The maximum Gasteiger partial charge on any atom is 0.233 e. The Labute approximate surface area is 87.6 Å². The van der Waals surface area contributed by atoms with Gasteiger partial charge in [0, 0.05) is 7.05 Å². The number of rotatable bonds is 0. The van der Waals surface area contributed by atoms with Crippen LogP contribution in [0, 0.1) is 0 Å². The lowest BCUT2D eigenvalue weighted by atomic mass is 10.2. The lowest BCUT2D eigenvalue weighted by Gasteiger charge is -2.22. The van der Waals surface area contributed by atoms with Crippen LogP contribution < -0.4 is 21.1 Å². The van der Waals surface area contributed by atoms with Crippen LogP contribution in [-0.4, -0.2) is 18.8 Å². The minimum atomic E-state index is -1.43. The van der Waals surface area contributed by atoms with Crippen molar-refractivity contribution < 1.29 is 9.53 Å². The average molecular weight is 207 g/mol. The van der Waals surface area contributed by atoms with Crippen molar-refractivity contribution in [1.29, 1.82) is 0 Å². The van der Waals surface area contributed by atoms with Crippen molar-refractivity contribution >= 4 is 11.6 Å². The fraction of sp³-hybridized carbons (Fsp3) is 0.300. The number of nitrogens with zero attached hydrogens (tertiary/aromatic N) is 1. The van der Waals surface area contributed by atoms with Crippen molar-refractivity contribution in [3.63, 3.8) is 0 Å². The molecule has 1 heterocycles. The zero-order chi connectivity index (χ0) is 11.1. The van der Waals surface area contributed by atoms with Gasteiger partial charge in [0.15, 0.2) is 0 Å². The van der Waals surface area contributed by atoms with Gasteiger partial charge in [-0.05, 0) is 12.1 Å². The molecule has 2 rings (SSSR count). The zero-order valence-electron chi connectivity index (χ0n) is 8.43. The standard InChI is InChI=1S/C10H13N3O2/c1-13-7-4-2-3-5-8(7)15-10(11,12)6-9(13)14/h2-5H,6,11-12H2,1H3. The van der Waals surface area contributed by atoms with E-state index in [0.717, 1.165) is 0 Å². The van der Waals surface area contributed by atoms with Crippen LogP contribution in [0.3, 0.4) is 0 Å². The van der Waals surface area contributed by atoms with Gasteiger partial charge in [-0.3, -0.25) is 16.3 Å². The number of para-hydroxylation sites is 2. The number of benzene rings is 1. The highest BCUT2D eigenvalue weighted by molar-refractivity contribution is 5.95. The number of anilines is 1. The molecule has 5 heteroatoms.